The van der Waals surface area contributed by atoms with Gasteiger partial charge in [-0.15, -0.1) is 0 Å². The molecule has 1 heterocycles. The van der Waals surface area contributed by atoms with Gasteiger partial charge in [-0.25, -0.2) is 0 Å². The fraction of sp³-hybridized carbons (Fsp3) is 0.188. The fourth-order valence-electron chi connectivity index (χ4n) is 2.14. The quantitative estimate of drug-likeness (QED) is 0.805. The Morgan fingerprint density at radius 1 is 1.00 bits per heavy atom. The van der Waals surface area contributed by atoms with E-state index in [0.29, 0.717) is 18.3 Å². The minimum atomic E-state index is 0.499. The Morgan fingerprint density at radius 2 is 1.64 bits per heavy atom. The number of thiocarbonyl (C=S) groups is 1. The topological polar surface area (TPSA) is 42.5 Å². The maximum atomic E-state index is 6.01. The summed E-state index contributed by atoms with van der Waals surface area (Å²) in [4.78, 5) is 0. The van der Waals surface area contributed by atoms with Gasteiger partial charge in [0.25, 0.3) is 0 Å². The standard InChI is InChI=1S/C16H15ClN2O2S/c1-10-8-11(2-4-13(10)17)18-16(22)19-12-3-5-14-15(9-12)21-7-6-20-14/h2-5,8-9H,6-7H2,1H3,(H2,18,19,22). The molecule has 1 aliphatic rings. The van der Waals surface area contributed by atoms with Crippen LogP contribution in [0, 0.1) is 6.92 Å². The minimum Gasteiger partial charge on any atom is -0.486 e. The summed E-state index contributed by atoms with van der Waals surface area (Å²) >= 11 is 11.3. The molecule has 0 aliphatic carbocycles. The largest absolute Gasteiger partial charge is 0.486 e. The van der Waals surface area contributed by atoms with Gasteiger partial charge in [-0.1, -0.05) is 11.6 Å². The van der Waals surface area contributed by atoms with E-state index in [9.17, 15) is 0 Å². The highest BCUT2D eigenvalue weighted by Gasteiger charge is 2.12. The third-order valence-electron chi connectivity index (χ3n) is 3.22. The average molecular weight is 335 g/mol. The van der Waals surface area contributed by atoms with E-state index in [-0.39, 0.29) is 0 Å². The van der Waals surface area contributed by atoms with Gasteiger partial charge in [0, 0.05) is 22.5 Å². The summed E-state index contributed by atoms with van der Waals surface area (Å²) in [6.45, 7) is 3.09. The highest BCUT2D eigenvalue weighted by Crippen LogP contribution is 2.32. The van der Waals surface area contributed by atoms with Gasteiger partial charge in [0.05, 0.1) is 0 Å². The molecule has 3 rings (SSSR count). The maximum Gasteiger partial charge on any atom is 0.175 e. The summed E-state index contributed by atoms with van der Waals surface area (Å²) in [5.41, 5.74) is 2.72. The van der Waals surface area contributed by atoms with Crippen molar-refractivity contribution in [2.45, 2.75) is 6.92 Å². The van der Waals surface area contributed by atoms with E-state index < -0.39 is 0 Å². The Kier molecular flexibility index (Phi) is 4.36. The van der Waals surface area contributed by atoms with Gasteiger partial charge >= 0.3 is 0 Å². The van der Waals surface area contributed by atoms with Gasteiger partial charge in [0.1, 0.15) is 13.2 Å². The molecule has 0 spiro atoms. The highest BCUT2D eigenvalue weighted by molar-refractivity contribution is 7.80. The second kappa shape index (κ2) is 6.42. The van der Waals surface area contributed by atoms with E-state index >= 15 is 0 Å². The smallest absolute Gasteiger partial charge is 0.175 e. The van der Waals surface area contributed by atoms with E-state index in [0.717, 1.165) is 33.5 Å². The van der Waals surface area contributed by atoms with Crippen LogP contribution in [0.1, 0.15) is 5.56 Å². The van der Waals surface area contributed by atoms with Crippen molar-refractivity contribution in [1.29, 1.82) is 0 Å². The van der Waals surface area contributed by atoms with E-state index in [1.807, 2.05) is 43.3 Å². The van der Waals surface area contributed by atoms with Crippen molar-refractivity contribution in [1.82, 2.24) is 0 Å². The molecule has 4 nitrogen and oxygen atoms in total. The molecule has 0 bridgehead atoms. The molecule has 2 aromatic rings. The number of rotatable bonds is 2. The van der Waals surface area contributed by atoms with E-state index in [4.69, 9.17) is 33.3 Å². The van der Waals surface area contributed by atoms with Gasteiger partial charge < -0.3 is 20.1 Å². The summed E-state index contributed by atoms with van der Waals surface area (Å²) in [5.74, 6) is 1.48. The molecule has 0 atom stereocenters. The lowest BCUT2D eigenvalue weighted by molar-refractivity contribution is 0.171. The predicted octanol–water partition coefficient (Wildman–Crippen LogP) is 4.23. The third kappa shape index (κ3) is 3.43. The zero-order chi connectivity index (χ0) is 15.5. The first-order valence-electron chi connectivity index (χ1n) is 6.85. The van der Waals surface area contributed by atoms with Crippen molar-refractivity contribution in [2.24, 2.45) is 0 Å². The molecule has 22 heavy (non-hydrogen) atoms. The summed E-state index contributed by atoms with van der Waals surface area (Å²) in [7, 11) is 0. The van der Waals surface area contributed by atoms with Crippen LogP contribution in [0.4, 0.5) is 11.4 Å². The van der Waals surface area contributed by atoms with Crippen LogP contribution in [0.3, 0.4) is 0 Å². The Bertz CT molecular complexity index is 721. The molecule has 2 aromatic carbocycles. The Labute approximate surface area is 139 Å². The lowest BCUT2D eigenvalue weighted by atomic mass is 10.2. The number of ether oxygens (including phenoxy) is 2. The third-order valence-corrected chi connectivity index (χ3v) is 3.84. The zero-order valence-electron chi connectivity index (χ0n) is 12.0. The van der Waals surface area contributed by atoms with Crippen molar-refractivity contribution < 1.29 is 9.47 Å². The number of anilines is 2. The van der Waals surface area contributed by atoms with Crippen LogP contribution in [-0.4, -0.2) is 18.3 Å². The molecule has 114 valence electrons. The average Bonchev–Trinajstić information content (AvgIpc) is 2.51. The number of fused-ring (bicyclic) bond motifs is 1. The number of benzene rings is 2. The van der Waals surface area contributed by atoms with Crippen LogP contribution in [0.5, 0.6) is 11.5 Å². The van der Waals surface area contributed by atoms with Crippen LogP contribution in [0.15, 0.2) is 36.4 Å². The molecule has 0 fully saturated rings. The first-order chi connectivity index (χ1) is 10.6. The van der Waals surface area contributed by atoms with Crippen LogP contribution < -0.4 is 20.1 Å². The molecule has 0 radical (unpaired) electrons. The summed E-state index contributed by atoms with van der Waals surface area (Å²) in [6, 6.07) is 11.3. The maximum absolute atomic E-state index is 6.01. The lowest BCUT2D eigenvalue weighted by Gasteiger charge is -2.19. The van der Waals surface area contributed by atoms with Crippen LogP contribution in [0.25, 0.3) is 0 Å². The molecule has 0 amide bonds. The molecule has 2 N–H and O–H groups in total. The van der Waals surface area contributed by atoms with Crippen LogP contribution in [-0.2, 0) is 0 Å². The van der Waals surface area contributed by atoms with Crippen molar-refractivity contribution in [3.63, 3.8) is 0 Å². The molecule has 6 heteroatoms. The van der Waals surface area contributed by atoms with E-state index in [1.165, 1.54) is 0 Å². The van der Waals surface area contributed by atoms with Crippen LogP contribution >= 0.6 is 23.8 Å². The monoisotopic (exact) mass is 334 g/mol. The van der Waals surface area contributed by atoms with Gasteiger partial charge in [-0.05, 0) is 55.0 Å². The van der Waals surface area contributed by atoms with E-state index in [1.54, 1.807) is 0 Å². The predicted molar refractivity (Wildman–Crippen MR) is 93.5 cm³/mol. The molecular formula is C16H15ClN2O2S. The number of aryl methyl sites for hydroxylation is 1. The zero-order valence-corrected chi connectivity index (χ0v) is 13.6. The molecule has 0 saturated heterocycles. The Balaban J connectivity index is 1.67. The fourth-order valence-corrected chi connectivity index (χ4v) is 2.49. The highest BCUT2D eigenvalue weighted by atomic mass is 35.5. The molecule has 0 saturated carbocycles. The van der Waals surface area contributed by atoms with Crippen molar-refractivity contribution >= 4 is 40.3 Å². The number of halogens is 1. The second-order valence-electron chi connectivity index (χ2n) is 4.90. The van der Waals surface area contributed by atoms with Gasteiger partial charge in [0.15, 0.2) is 16.6 Å². The first-order valence-corrected chi connectivity index (χ1v) is 7.64. The van der Waals surface area contributed by atoms with Crippen molar-refractivity contribution in [2.75, 3.05) is 23.8 Å². The summed E-state index contributed by atoms with van der Waals surface area (Å²) < 4.78 is 11.0. The minimum absolute atomic E-state index is 0.499. The van der Waals surface area contributed by atoms with Gasteiger partial charge in [-0.2, -0.15) is 0 Å². The summed E-state index contributed by atoms with van der Waals surface area (Å²) in [6.07, 6.45) is 0. The Morgan fingerprint density at radius 3 is 2.36 bits per heavy atom. The molecule has 0 unspecified atom stereocenters. The molecule has 0 aromatic heterocycles. The lowest BCUT2D eigenvalue weighted by Crippen LogP contribution is -2.20. The first kappa shape index (κ1) is 14.9. The normalized spacial score (nSPS) is 12.6. The number of hydrogen-bond donors (Lipinski definition) is 2. The van der Waals surface area contributed by atoms with E-state index in [2.05, 4.69) is 10.6 Å². The van der Waals surface area contributed by atoms with Crippen molar-refractivity contribution in [3.05, 3.63) is 47.0 Å². The van der Waals surface area contributed by atoms with Crippen molar-refractivity contribution in [3.8, 4) is 11.5 Å². The number of nitrogens with one attached hydrogen (secondary N) is 2. The molecular weight excluding hydrogens is 320 g/mol. The van der Waals surface area contributed by atoms with Crippen LogP contribution in [0.2, 0.25) is 5.02 Å². The van der Waals surface area contributed by atoms with Gasteiger partial charge in [0.2, 0.25) is 0 Å². The Hall–Kier alpha value is -1.98. The SMILES string of the molecule is Cc1cc(NC(=S)Nc2ccc3c(c2)OCCO3)ccc1Cl. The number of hydrogen-bond acceptors (Lipinski definition) is 3. The second-order valence-corrected chi connectivity index (χ2v) is 5.72. The van der Waals surface area contributed by atoms with Gasteiger partial charge in [-0.3, -0.25) is 0 Å². The molecule has 1 aliphatic heterocycles. The summed E-state index contributed by atoms with van der Waals surface area (Å²) in [5, 5.41) is 7.49.